The monoisotopic (exact) mass is 311 g/mol. The summed E-state index contributed by atoms with van der Waals surface area (Å²) in [5.74, 6) is 0.487. The Bertz CT molecular complexity index is 587. The number of halogens is 3. The molecular formula is C16H20F3N3. The fourth-order valence-corrected chi connectivity index (χ4v) is 2.71. The summed E-state index contributed by atoms with van der Waals surface area (Å²) in [5, 5.41) is 0. The summed E-state index contributed by atoms with van der Waals surface area (Å²) in [7, 11) is 1.92. The first-order chi connectivity index (χ1) is 10.3. The van der Waals surface area contributed by atoms with Crippen molar-refractivity contribution < 1.29 is 13.2 Å². The van der Waals surface area contributed by atoms with Crippen molar-refractivity contribution in [3.63, 3.8) is 0 Å². The maximum atomic E-state index is 12.8. The van der Waals surface area contributed by atoms with E-state index in [1.807, 2.05) is 11.9 Å². The molecule has 3 rings (SSSR count). The summed E-state index contributed by atoms with van der Waals surface area (Å²) in [6.45, 7) is 0.456. The van der Waals surface area contributed by atoms with E-state index in [0.29, 0.717) is 24.1 Å². The topological polar surface area (TPSA) is 41.6 Å². The summed E-state index contributed by atoms with van der Waals surface area (Å²) in [4.78, 5) is 6.39. The van der Waals surface area contributed by atoms with Crippen molar-refractivity contribution in [2.24, 2.45) is 10.7 Å². The van der Waals surface area contributed by atoms with Gasteiger partial charge in [-0.25, -0.2) is 0 Å². The molecule has 0 bridgehead atoms. The molecule has 3 nitrogen and oxygen atoms in total. The van der Waals surface area contributed by atoms with Crippen molar-refractivity contribution >= 4 is 5.96 Å². The average Bonchev–Trinajstić information content (AvgIpc) is 3.37. The molecule has 2 saturated carbocycles. The molecule has 2 aliphatic carbocycles. The predicted octanol–water partition coefficient (Wildman–Crippen LogP) is 3.15. The molecule has 0 spiro atoms. The molecule has 0 heterocycles. The van der Waals surface area contributed by atoms with Crippen LogP contribution in [0.2, 0.25) is 0 Å². The molecule has 0 unspecified atom stereocenters. The molecule has 2 aliphatic rings. The Morgan fingerprint density at radius 3 is 2.59 bits per heavy atom. The molecule has 0 aromatic heterocycles. The highest BCUT2D eigenvalue weighted by Gasteiger charge is 2.45. The van der Waals surface area contributed by atoms with Crippen LogP contribution < -0.4 is 5.73 Å². The van der Waals surface area contributed by atoms with Crippen LogP contribution in [-0.4, -0.2) is 30.5 Å². The molecule has 22 heavy (non-hydrogen) atoms. The molecule has 1 aromatic rings. The SMILES string of the molecule is CN(C(N)=NCC1(c2cccc(C(F)(F)F)c2)CC1)C1CC1. The second-order valence-electron chi connectivity index (χ2n) is 6.38. The van der Waals surface area contributed by atoms with Crippen molar-refractivity contribution in [2.45, 2.75) is 43.3 Å². The lowest BCUT2D eigenvalue weighted by atomic mass is 9.94. The smallest absolute Gasteiger partial charge is 0.370 e. The van der Waals surface area contributed by atoms with Crippen LogP contribution >= 0.6 is 0 Å². The normalized spacial score (nSPS) is 20.8. The molecular weight excluding hydrogens is 291 g/mol. The largest absolute Gasteiger partial charge is 0.416 e. The molecule has 1 aromatic carbocycles. The zero-order chi connectivity index (χ0) is 16.0. The van der Waals surface area contributed by atoms with Crippen molar-refractivity contribution in [3.05, 3.63) is 35.4 Å². The van der Waals surface area contributed by atoms with E-state index in [2.05, 4.69) is 4.99 Å². The van der Waals surface area contributed by atoms with Crippen LogP contribution in [0.5, 0.6) is 0 Å². The van der Waals surface area contributed by atoms with Crippen molar-refractivity contribution in [1.29, 1.82) is 0 Å². The Kier molecular flexibility index (Phi) is 3.57. The number of rotatable bonds is 4. The number of hydrogen-bond donors (Lipinski definition) is 1. The van der Waals surface area contributed by atoms with Gasteiger partial charge in [0.15, 0.2) is 5.96 Å². The number of nitrogens with two attached hydrogens (primary N) is 1. The summed E-state index contributed by atoms with van der Waals surface area (Å²) < 4.78 is 38.5. The summed E-state index contributed by atoms with van der Waals surface area (Å²) >= 11 is 0. The standard InChI is InChI=1S/C16H20F3N3/c1-22(13-5-6-13)14(20)21-10-15(7-8-15)11-3-2-4-12(9-11)16(17,18)19/h2-4,9,13H,5-8,10H2,1H3,(H2,20,21). The number of nitrogens with zero attached hydrogens (tertiary/aromatic N) is 2. The van der Waals surface area contributed by atoms with Crippen LogP contribution in [0, 0.1) is 0 Å². The molecule has 6 heteroatoms. The Labute approximate surface area is 128 Å². The van der Waals surface area contributed by atoms with Crippen LogP contribution in [0.3, 0.4) is 0 Å². The van der Waals surface area contributed by atoms with E-state index in [4.69, 9.17) is 5.73 Å². The molecule has 0 atom stereocenters. The highest BCUT2D eigenvalue weighted by atomic mass is 19.4. The van der Waals surface area contributed by atoms with Gasteiger partial charge in [0.2, 0.25) is 0 Å². The highest BCUT2D eigenvalue weighted by molar-refractivity contribution is 5.78. The van der Waals surface area contributed by atoms with E-state index >= 15 is 0 Å². The van der Waals surface area contributed by atoms with Crippen molar-refractivity contribution in [2.75, 3.05) is 13.6 Å². The molecule has 0 radical (unpaired) electrons. The van der Waals surface area contributed by atoms with Gasteiger partial charge in [-0.3, -0.25) is 4.99 Å². The molecule has 2 N–H and O–H groups in total. The third-order valence-corrected chi connectivity index (χ3v) is 4.66. The van der Waals surface area contributed by atoms with Crippen molar-refractivity contribution in [3.8, 4) is 0 Å². The van der Waals surface area contributed by atoms with Crippen LogP contribution in [0.4, 0.5) is 13.2 Å². The van der Waals surface area contributed by atoms with Crippen LogP contribution in [-0.2, 0) is 11.6 Å². The molecule has 120 valence electrons. The van der Waals surface area contributed by atoms with E-state index in [1.165, 1.54) is 12.1 Å². The summed E-state index contributed by atoms with van der Waals surface area (Å²) in [5.41, 5.74) is 5.82. The van der Waals surface area contributed by atoms with Gasteiger partial charge in [-0.05, 0) is 37.3 Å². The minimum absolute atomic E-state index is 0.268. The third-order valence-electron chi connectivity index (χ3n) is 4.66. The molecule has 0 amide bonds. The lowest BCUT2D eigenvalue weighted by Crippen LogP contribution is -2.36. The second kappa shape index (κ2) is 5.18. The summed E-state index contributed by atoms with van der Waals surface area (Å²) in [6.07, 6.45) is -0.325. The third kappa shape index (κ3) is 3.05. The van der Waals surface area contributed by atoms with E-state index < -0.39 is 11.7 Å². The van der Waals surface area contributed by atoms with Crippen LogP contribution in [0.15, 0.2) is 29.3 Å². The number of benzene rings is 1. The van der Waals surface area contributed by atoms with Crippen LogP contribution in [0.25, 0.3) is 0 Å². The number of aliphatic imine (C=N–C) groups is 1. The van der Waals surface area contributed by atoms with Gasteiger partial charge in [0, 0.05) is 18.5 Å². The minimum Gasteiger partial charge on any atom is -0.370 e. The zero-order valence-electron chi connectivity index (χ0n) is 12.5. The van der Waals surface area contributed by atoms with Gasteiger partial charge in [0.05, 0.1) is 12.1 Å². The lowest BCUT2D eigenvalue weighted by molar-refractivity contribution is -0.137. The predicted molar refractivity (Wildman–Crippen MR) is 79.6 cm³/mol. The fourth-order valence-electron chi connectivity index (χ4n) is 2.71. The van der Waals surface area contributed by atoms with Gasteiger partial charge >= 0.3 is 6.18 Å². The van der Waals surface area contributed by atoms with Gasteiger partial charge in [-0.15, -0.1) is 0 Å². The summed E-state index contributed by atoms with van der Waals surface area (Å²) in [6, 6.07) is 6.08. The number of guanidine groups is 1. The maximum Gasteiger partial charge on any atom is 0.416 e. The van der Waals surface area contributed by atoms with Gasteiger partial charge in [-0.2, -0.15) is 13.2 Å². The molecule has 0 aliphatic heterocycles. The Balaban J connectivity index is 1.75. The quantitative estimate of drug-likeness (QED) is 0.685. The lowest BCUT2D eigenvalue weighted by Gasteiger charge is -2.19. The number of alkyl halides is 3. The Hall–Kier alpha value is -1.72. The average molecular weight is 311 g/mol. The minimum atomic E-state index is -4.30. The van der Waals surface area contributed by atoms with Gasteiger partial charge in [0.1, 0.15) is 0 Å². The first-order valence-electron chi connectivity index (χ1n) is 7.52. The van der Waals surface area contributed by atoms with E-state index in [1.54, 1.807) is 6.07 Å². The zero-order valence-corrected chi connectivity index (χ0v) is 12.5. The molecule has 2 fully saturated rings. The van der Waals surface area contributed by atoms with Crippen LogP contribution in [0.1, 0.15) is 36.8 Å². The van der Waals surface area contributed by atoms with E-state index in [-0.39, 0.29) is 5.41 Å². The van der Waals surface area contributed by atoms with Crippen molar-refractivity contribution in [1.82, 2.24) is 4.90 Å². The second-order valence-corrected chi connectivity index (χ2v) is 6.38. The van der Waals surface area contributed by atoms with E-state index in [9.17, 15) is 13.2 Å². The van der Waals surface area contributed by atoms with E-state index in [0.717, 1.165) is 31.7 Å². The molecule has 0 saturated heterocycles. The van der Waals surface area contributed by atoms with Gasteiger partial charge < -0.3 is 10.6 Å². The Morgan fingerprint density at radius 2 is 2.05 bits per heavy atom. The van der Waals surface area contributed by atoms with Gasteiger partial charge in [0.25, 0.3) is 0 Å². The first-order valence-corrected chi connectivity index (χ1v) is 7.52. The highest BCUT2D eigenvalue weighted by Crippen LogP contribution is 2.49. The fraction of sp³-hybridized carbons (Fsp3) is 0.562. The number of hydrogen-bond acceptors (Lipinski definition) is 1. The Morgan fingerprint density at radius 1 is 1.36 bits per heavy atom. The van der Waals surface area contributed by atoms with Gasteiger partial charge in [-0.1, -0.05) is 18.2 Å². The maximum absolute atomic E-state index is 12.8. The first kappa shape index (κ1) is 15.2.